The number of aryl methyl sites for hydroxylation is 1. The summed E-state index contributed by atoms with van der Waals surface area (Å²) in [5.41, 5.74) is 7.66. The van der Waals surface area contributed by atoms with Crippen LogP contribution in [-0.2, 0) is 13.6 Å². The Bertz CT molecular complexity index is 517. The quantitative estimate of drug-likeness (QED) is 0.839. The van der Waals surface area contributed by atoms with Crippen LogP contribution in [0.2, 0.25) is 0 Å². The lowest BCUT2D eigenvalue weighted by Gasteiger charge is -2.04. The SMILES string of the molecule is Cc1nc(-c2ccccc2F)c(CN)n1C. The molecule has 4 heteroatoms. The monoisotopic (exact) mass is 219 g/mol. The summed E-state index contributed by atoms with van der Waals surface area (Å²) in [6.07, 6.45) is 0. The van der Waals surface area contributed by atoms with Gasteiger partial charge in [-0.1, -0.05) is 12.1 Å². The van der Waals surface area contributed by atoms with E-state index in [0.29, 0.717) is 17.8 Å². The van der Waals surface area contributed by atoms with Crippen LogP contribution in [-0.4, -0.2) is 9.55 Å². The van der Waals surface area contributed by atoms with E-state index in [9.17, 15) is 4.39 Å². The Kier molecular flexibility index (Phi) is 2.75. The van der Waals surface area contributed by atoms with Crippen LogP contribution in [0.1, 0.15) is 11.5 Å². The minimum atomic E-state index is -0.268. The van der Waals surface area contributed by atoms with Gasteiger partial charge in [0.05, 0.1) is 11.4 Å². The van der Waals surface area contributed by atoms with Gasteiger partial charge in [-0.05, 0) is 19.1 Å². The van der Waals surface area contributed by atoms with Crippen molar-refractivity contribution in [3.8, 4) is 11.3 Å². The highest BCUT2D eigenvalue weighted by Gasteiger charge is 2.15. The summed E-state index contributed by atoms with van der Waals surface area (Å²) in [6, 6.07) is 6.61. The molecule has 0 saturated heterocycles. The lowest BCUT2D eigenvalue weighted by Crippen LogP contribution is -2.05. The van der Waals surface area contributed by atoms with Crippen molar-refractivity contribution >= 4 is 0 Å². The summed E-state index contributed by atoms with van der Waals surface area (Å²) in [7, 11) is 1.88. The minimum Gasteiger partial charge on any atom is -0.334 e. The molecule has 0 unspecified atom stereocenters. The van der Waals surface area contributed by atoms with Crippen LogP contribution in [0.5, 0.6) is 0 Å². The first-order valence-electron chi connectivity index (χ1n) is 5.12. The molecule has 1 heterocycles. The van der Waals surface area contributed by atoms with E-state index in [1.807, 2.05) is 18.5 Å². The molecule has 1 aromatic carbocycles. The molecule has 0 radical (unpaired) electrons. The van der Waals surface area contributed by atoms with Gasteiger partial charge in [0.25, 0.3) is 0 Å². The fraction of sp³-hybridized carbons (Fsp3) is 0.250. The molecule has 0 atom stereocenters. The summed E-state index contributed by atoms with van der Waals surface area (Å²) < 4.78 is 15.5. The topological polar surface area (TPSA) is 43.8 Å². The number of aromatic nitrogens is 2. The van der Waals surface area contributed by atoms with Crippen molar-refractivity contribution in [2.45, 2.75) is 13.5 Å². The van der Waals surface area contributed by atoms with Crippen LogP contribution in [0.15, 0.2) is 24.3 Å². The molecule has 0 aliphatic heterocycles. The van der Waals surface area contributed by atoms with Gasteiger partial charge in [0.1, 0.15) is 11.6 Å². The Morgan fingerprint density at radius 1 is 1.38 bits per heavy atom. The number of rotatable bonds is 2. The van der Waals surface area contributed by atoms with Gasteiger partial charge in [0, 0.05) is 19.2 Å². The highest BCUT2D eigenvalue weighted by Crippen LogP contribution is 2.25. The molecule has 84 valence electrons. The number of nitrogens with two attached hydrogens (primary N) is 1. The zero-order valence-corrected chi connectivity index (χ0v) is 9.37. The second-order valence-electron chi connectivity index (χ2n) is 3.70. The van der Waals surface area contributed by atoms with E-state index in [-0.39, 0.29) is 5.82 Å². The molecule has 0 aliphatic rings. The number of nitrogens with zero attached hydrogens (tertiary/aromatic N) is 2. The Morgan fingerprint density at radius 2 is 2.06 bits per heavy atom. The van der Waals surface area contributed by atoms with Crippen molar-refractivity contribution in [3.05, 3.63) is 41.6 Å². The molecule has 0 bridgehead atoms. The highest BCUT2D eigenvalue weighted by atomic mass is 19.1. The van der Waals surface area contributed by atoms with Crippen LogP contribution < -0.4 is 5.73 Å². The highest BCUT2D eigenvalue weighted by molar-refractivity contribution is 5.63. The molecule has 0 amide bonds. The molecular formula is C12H14FN3. The number of benzene rings is 1. The Labute approximate surface area is 93.7 Å². The van der Waals surface area contributed by atoms with E-state index in [0.717, 1.165) is 11.5 Å². The van der Waals surface area contributed by atoms with Gasteiger partial charge in [-0.25, -0.2) is 9.37 Å². The van der Waals surface area contributed by atoms with Crippen molar-refractivity contribution in [1.29, 1.82) is 0 Å². The maximum Gasteiger partial charge on any atom is 0.132 e. The first-order chi connectivity index (χ1) is 7.65. The second-order valence-corrected chi connectivity index (χ2v) is 3.70. The maximum absolute atomic E-state index is 13.6. The zero-order valence-electron chi connectivity index (χ0n) is 9.37. The summed E-state index contributed by atoms with van der Waals surface area (Å²) in [5, 5.41) is 0. The molecule has 1 aromatic heterocycles. The first kappa shape index (κ1) is 10.8. The first-order valence-corrected chi connectivity index (χ1v) is 5.12. The predicted octanol–water partition coefficient (Wildman–Crippen LogP) is 1.99. The molecule has 2 rings (SSSR count). The number of hydrogen-bond donors (Lipinski definition) is 1. The van der Waals surface area contributed by atoms with Crippen LogP contribution in [0.25, 0.3) is 11.3 Å². The second kappa shape index (κ2) is 4.06. The fourth-order valence-electron chi connectivity index (χ4n) is 1.76. The maximum atomic E-state index is 13.6. The fourth-order valence-corrected chi connectivity index (χ4v) is 1.76. The number of imidazole rings is 1. The standard InChI is InChI=1S/C12H14FN3/c1-8-15-12(11(7-14)16(8)2)9-5-3-4-6-10(9)13/h3-6H,7,14H2,1-2H3. The molecule has 16 heavy (non-hydrogen) atoms. The predicted molar refractivity (Wildman–Crippen MR) is 61.2 cm³/mol. The Balaban J connectivity index is 2.65. The third kappa shape index (κ3) is 1.61. The molecule has 3 nitrogen and oxygen atoms in total. The summed E-state index contributed by atoms with van der Waals surface area (Å²) >= 11 is 0. The molecule has 0 fully saturated rings. The lowest BCUT2D eigenvalue weighted by molar-refractivity contribution is 0.630. The van der Waals surface area contributed by atoms with Gasteiger partial charge in [0.15, 0.2) is 0 Å². The number of hydrogen-bond acceptors (Lipinski definition) is 2. The van der Waals surface area contributed by atoms with Gasteiger partial charge in [-0.2, -0.15) is 0 Å². The van der Waals surface area contributed by atoms with Gasteiger partial charge in [-0.15, -0.1) is 0 Å². The summed E-state index contributed by atoms with van der Waals surface area (Å²) in [4.78, 5) is 4.36. The van der Waals surface area contributed by atoms with E-state index in [1.165, 1.54) is 6.07 Å². The van der Waals surface area contributed by atoms with Gasteiger partial charge in [0.2, 0.25) is 0 Å². The van der Waals surface area contributed by atoms with Crippen molar-refractivity contribution in [1.82, 2.24) is 9.55 Å². The average Bonchev–Trinajstić information content (AvgIpc) is 2.56. The van der Waals surface area contributed by atoms with Crippen molar-refractivity contribution in [2.75, 3.05) is 0 Å². The largest absolute Gasteiger partial charge is 0.334 e. The van der Waals surface area contributed by atoms with Crippen molar-refractivity contribution in [2.24, 2.45) is 12.8 Å². The summed E-state index contributed by atoms with van der Waals surface area (Å²) in [5.74, 6) is 0.564. The van der Waals surface area contributed by atoms with E-state index < -0.39 is 0 Å². The van der Waals surface area contributed by atoms with Crippen molar-refractivity contribution < 1.29 is 4.39 Å². The number of halogens is 1. The molecular weight excluding hydrogens is 205 g/mol. The minimum absolute atomic E-state index is 0.268. The van der Waals surface area contributed by atoms with E-state index >= 15 is 0 Å². The van der Waals surface area contributed by atoms with Gasteiger partial charge < -0.3 is 10.3 Å². The van der Waals surface area contributed by atoms with Crippen LogP contribution in [0.4, 0.5) is 4.39 Å². The zero-order chi connectivity index (χ0) is 11.7. The van der Waals surface area contributed by atoms with Crippen LogP contribution in [0, 0.1) is 12.7 Å². The molecule has 0 aliphatic carbocycles. The molecule has 0 spiro atoms. The molecule has 2 aromatic rings. The van der Waals surface area contributed by atoms with E-state index in [2.05, 4.69) is 4.98 Å². The van der Waals surface area contributed by atoms with Gasteiger partial charge >= 0.3 is 0 Å². The van der Waals surface area contributed by atoms with E-state index in [4.69, 9.17) is 5.73 Å². The summed E-state index contributed by atoms with van der Waals surface area (Å²) in [6.45, 7) is 2.23. The van der Waals surface area contributed by atoms with E-state index in [1.54, 1.807) is 18.2 Å². The van der Waals surface area contributed by atoms with Crippen LogP contribution >= 0.6 is 0 Å². The third-order valence-electron chi connectivity index (χ3n) is 2.76. The Hall–Kier alpha value is -1.68. The van der Waals surface area contributed by atoms with Gasteiger partial charge in [-0.3, -0.25) is 0 Å². The lowest BCUT2D eigenvalue weighted by atomic mass is 10.1. The smallest absolute Gasteiger partial charge is 0.132 e. The average molecular weight is 219 g/mol. The molecule has 0 saturated carbocycles. The molecule has 2 N–H and O–H groups in total. The Morgan fingerprint density at radius 3 is 2.69 bits per heavy atom. The van der Waals surface area contributed by atoms with Crippen LogP contribution in [0.3, 0.4) is 0 Å². The third-order valence-corrected chi connectivity index (χ3v) is 2.76. The normalized spacial score (nSPS) is 10.8. The van der Waals surface area contributed by atoms with Crippen molar-refractivity contribution in [3.63, 3.8) is 0 Å².